The minimum absolute atomic E-state index is 0.538. The second-order valence-corrected chi connectivity index (χ2v) is 10.4. The Kier molecular flexibility index (Phi) is 4.83. The number of rotatable bonds is 2. The molecule has 0 fully saturated rings. The Balaban J connectivity index is 1.46. The van der Waals surface area contributed by atoms with Gasteiger partial charge in [-0.15, -0.1) is 0 Å². The molecule has 41 heavy (non-hydrogen) atoms. The van der Waals surface area contributed by atoms with E-state index in [0.29, 0.717) is 11.1 Å². The molecule has 0 saturated heterocycles. The molecule has 0 atom stereocenters. The van der Waals surface area contributed by atoms with Crippen molar-refractivity contribution in [2.45, 2.75) is 5.41 Å². The molecule has 1 spiro atoms. The van der Waals surface area contributed by atoms with Gasteiger partial charge in [0.2, 0.25) is 0 Å². The molecule has 4 heteroatoms. The SMILES string of the molecule is N#Cc1ccnc(-c2ccc3c(c2)C2(c4ccccc4-c4ccccc42)c2cc(-c4cc(C#N)ccn4)ccc2-3)c1. The summed E-state index contributed by atoms with van der Waals surface area (Å²) in [6.07, 6.45) is 3.39. The van der Waals surface area contributed by atoms with Gasteiger partial charge >= 0.3 is 0 Å². The van der Waals surface area contributed by atoms with E-state index >= 15 is 0 Å². The van der Waals surface area contributed by atoms with Gasteiger partial charge in [0.1, 0.15) is 0 Å². The molecule has 0 saturated carbocycles. The molecule has 0 unspecified atom stereocenters. The zero-order chi connectivity index (χ0) is 27.6. The van der Waals surface area contributed by atoms with Gasteiger partial charge in [0.05, 0.1) is 40.1 Å². The number of nitriles is 2. The first-order chi connectivity index (χ1) is 20.2. The van der Waals surface area contributed by atoms with Gasteiger partial charge in [-0.3, -0.25) is 9.97 Å². The van der Waals surface area contributed by atoms with Crippen LogP contribution in [0.15, 0.2) is 122 Å². The molecule has 2 heterocycles. The van der Waals surface area contributed by atoms with Gasteiger partial charge < -0.3 is 0 Å². The lowest BCUT2D eigenvalue weighted by Gasteiger charge is -2.31. The van der Waals surface area contributed by atoms with Crippen LogP contribution >= 0.6 is 0 Å². The molecule has 2 aromatic heterocycles. The standard InChI is InChI=1S/C37H20N4/c38-21-23-13-15-40-35(17-23)25-9-11-29-30-12-10-26(36-18-24(22-39)14-16-41-36)20-34(30)37(33(29)19-25)31-7-3-1-5-27(31)28-6-2-4-8-32(28)37/h1-20H. The smallest absolute Gasteiger partial charge is 0.0992 e. The van der Waals surface area contributed by atoms with E-state index in [-0.39, 0.29) is 0 Å². The predicted octanol–water partition coefficient (Wildman–Crippen LogP) is 7.90. The molecule has 0 bridgehead atoms. The molecule has 6 aromatic rings. The number of hydrogen-bond donors (Lipinski definition) is 0. The van der Waals surface area contributed by atoms with Crippen LogP contribution in [0.5, 0.6) is 0 Å². The fourth-order valence-corrected chi connectivity index (χ4v) is 6.77. The molecule has 0 aliphatic heterocycles. The summed E-state index contributed by atoms with van der Waals surface area (Å²) in [4.78, 5) is 9.24. The highest BCUT2D eigenvalue weighted by Crippen LogP contribution is 2.63. The Morgan fingerprint density at radius 2 is 0.902 bits per heavy atom. The van der Waals surface area contributed by atoms with Gasteiger partial charge in [0.25, 0.3) is 0 Å². The molecule has 2 aliphatic rings. The topological polar surface area (TPSA) is 73.4 Å². The molecule has 0 amide bonds. The van der Waals surface area contributed by atoms with Crippen LogP contribution in [0, 0.1) is 22.7 Å². The van der Waals surface area contributed by atoms with Crippen molar-refractivity contribution in [3.63, 3.8) is 0 Å². The molecule has 4 aromatic carbocycles. The van der Waals surface area contributed by atoms with Gasteiger partial charge in [-0.25, -0.2) is 0 Å². The molecule has 0 N–H and O–H groups in total. The maximum absolute atomic E-state index is 9.52. The van der Waals surface area contributed by atoms with Crippen LogP contribution in [-0.2, 0) is 5.41 Å². The molecule has 4 nitrogen and oxygen atoms in total. The van der Waals surface area contributed by atoms with E-state index in [1.165, 1.54) is 44.5 Å². The third-order valence-corrected chi connectivity index (χ3v) is 8.46. The Morgan fingerprint density at radius 3 is 1.37 bits per heavy atom. The van der Waals surface area contributed by atoms with Gasteiger partial charge in [-0.2, -0.15) is 10.5 Å². The number of hydrogen-bond acceptors (Lipinski definition) is 4. The van der Waals surface area contributed by atoms with Gasteiger partial charge in [0.15, 0.2) is 0 Å². The van der Waals surface area contributed by atoms with E-state index in [1.807, 2.05) is 12.1 Å². The highest BCUT2D eigenvalue weighted by molar-refractivity contribution is 5.96. The summed E-state index contributed by atoms with van der Waals surface area (Å²) in [6, 6.07) is 42.1. The van der Waals surface area contributed by atoms with Crippen LogP contribution in [-0.4, -0.2) is 9.97 Å². The van der Waals surface area contributed by atoms with Crippen molar-refractivity contribution in [1.29, 1.82) is 10.5 Å². The zero-order valence-electron chi connectivity index (χ0n) is 21.8. The van der Waals surface area contributed by atoms with Crippen LogP contribution in [0.2, 0.25) is 0 Å². The van der Waals surface area contributed by atoms with Crippen molar-refractivity contribution in [3.8, 4) is 56.9 Å². The van der Waals surface area contributed by atoms with Crippen molar-refractivity contribution in [1.82, 2.24) is 9.97 Å². The largest absolute Gasteiger partial charge is 0.256 e. The highest BCUT2D eigenvalue weighted by Gasteiger charge is 2.51. The number of benzene rings is 4. The van der Waals surface area contributed by atoms with Crippen molar-refractivity contribution in [2.24, 2.45) is 0 Å². The third kappa shape index (κ3) is 3.13. The van der Waals surface area contributed by atoms with Crippen molar-refractivity contribution in [2.75, 3.05) is 0 Å². The first-order valence-corrected chi connectivity index (χ1v) is 13.4. The first-order valence-electron chi connectivity index (χ1n) is 13.4. The van der Waals surface area contributed by atoms with E-state index in [4.69, 9.17) is 0 Å². The van der Waals surface area contributed by atoms with Crippen molar-refractivity contribution < 1.29 is 0 Å². The molecule has 188 valence electrons. The van der Waals surface area contributed by atoms with Crippen LogP contribution in [0.4, 0.5) is 0 Å². The van der Waals surface area contributed by atoms with Crippen LogP contribution in [0.3, 0.4) is 0 Å². The third-order valence-electron chi connectivity index (χ3n) is 8.46. The molecule has 8 rings (SSSR count). The lowest BCUT2D eigenvalue weighted by molar-refractivity contribution is 0.794. The van der Waals surface area contributed by atoms with Crippen molar-refractivity contribution in [3.05, 3.63) is 155 Å². The Labute approximate surface area is 237 Å². The predicted molar refractivity (Wildman–Crippen MR) is 159 cm³/mol. The van der Waals surface area contributed by atoms with E-state index in [9.17, 15) is 10.5 Å². The summed E-state index contributed by atoms with van der Waals surface area (Å²) < 4.78 is 0. The highest BCUT2D eigenvalue weighted by atomic mass is 14.7. The average Bonchev–Trinajstić information content (AvgIpc) is 3.51. The number of nitrogens with zero attached hydrogens (tertiary/aromatic N) is 4. The average molecular weight is 521 g/mol. The fourth-order valence-electron chi connectivity index (χ4n) is 6.77. The van der Waals surface area contributed by atoms with E-state index in [2.05, 4.69) is 107 Å². The van der Waals surface area contributed by atoms with E-state index in [1.54, 1.807) is 24.5 Å². The second-order valence-electron chi connectivity index (χ2n) is 10.4. The minimum Gasteiger partial charge on any atom is -0.256 e. The second kappa shape index (κ2) is 8.58. The summed E-state index contributed by atoms with van der Waals surface area (Å²) in [5.41, 5.74) is 13.8. The van der Waals surface area contributed by atoms with Crippen molar-refractivity contribution >= 4 is 0 Å². The number of aromatic nitrogens is 2. The quantitative estimate of drug-likeness (QED) is 0.232. The maximum Gasteiger partial charge on any atom is 0.0992 e. The fraction of sp³-hybridized carbons (Fsp3) is 0.0270. The lowest BCUT2D eigenvalue weighted by Crippen LogP contribution is -2.26. The van der Waals surface area contributed by atoms with Crippen LogP contribution < -0.4 is 0 Å². The Hall–Kier alpha value is -5.84. The van der Waals surface area contributed by atoms with Crippen LogP contribution in [0.1, 0.15) is 33.4 Å². The van der Waals surface area contributed by atoms with E-state index < -0.39 is 5.41 Å². The number of pyridine rings is 2. The molecular weight excluding hydrogens is 500 g/mol. The Bertz CT molecular complexity index is 1990. The van der Waals surface area contributed by atoms with Crippen LogP contribution in [0.25, 0.3) is 44.8 Å². The maximum atomic E-state index is 9.52. The zero-order valence-corrected chi connectivity index (χ0v) is 21.8. The summed E-state index contributed by atoms with van der Waals surface area (Å²) in [5, 5.41) is 19.0. The summed E-state index contributed by atoms with van der Waals surface area (Å²) in [5.74, 6) is 0. The molecule has 2 aliphatic carbocycles. The minimum atomic E-state index is -0.538. The monoisotopic (exact) mass is 520 g/mol. The summed E-state index contributed by atoms with van der Waals surface area (Å²) in [7, 11) is 0. The molecular formula is C37H20N4. The normalized spacial score (nSPS) is 13.0. The lowest BCUT2D eigenvalue weighted by atomic mass is 9.70. The van der Waals surface area contributed by atoms with Gasteiger partial charge in [-0.1, -0.05) is 72.8 Å². The first kappa shape index (κ1) is 23.1. The van der Waals surface area contributed by atoms with E-state index in [0.717, 1.165) is 22.5 Å². The Morgan fingerprint density at radius 1 is 0.463 bits per heavy atom. The van der Waals surface area contributed by atoms with Gasteiger partial charge in [0, 0.05) is 23.5 Å². The van der Waals surface area contributed by atoms with Gasteiger partial charge in [-0.05, 0) is 80.9 Å². The summed E-state index contributed by atoms with van der Waals surface area (Å²) >= 11 is 0. The number of fused-ring (bicyclic) bond motifs is 10. The molecule has 0 radical (unpaired) electrons. The summed E-state index contributed by atoms with van der Waals surface area (Å²) in [6.45, 7) is 0.